The number of rotatable bonds is 16. The van der Waals surface area contributed by atoms with E-state index in [1.807, 2.05) is 18.2 Å². The third-order valence-electron chi connectivity index (χ3n) is 11.9. The number of aryl methyl sites for hydroxylation is 1. The normalized spacial score (nSPS) is 28.7. The fraction of sp³-hybridized carbons (Fsp3) is 0.675. The van der Waals surface area contributed by atoms with Crippen LogP contribution in [0.1, 0.15) is 126 Å². The lowest BCUT2D eigenvalue weighted by atomic mass is 9.51. The molecule has 0 radical (unpaired) electrons. The van der Waals surface area contributed by atoms with Crippen molar-refractivity contribution in [2.75, 3.05) is 13.1 Å². The first kappa shape index (κ1) is 33.9. The molecular formula is C40H58FNO3. The van der Waals surface area contributed by atoms with Crippen molar-refractivity contribution in [1.82, 2.24) is 4.90 Å². The van der Waals surface area contributed by atoms with Crippen molar-refractivity contribution in [2.24, 2.45) is 23.2 Å². The zero-order valence-electron chi connectivity index (χ0n) is 27.9. The summed E-state index contributed by atoms with van der Waals surface area (Å²) in [6.45, 7) is 6.01. The van der Waals surface area contributed by atoms with Crippen molar-refractivity contribution >= 4 is 5.91 Å². The molecule has 5 rings (SSSR count). The standard InChI is InChI=1S/C40H58FNO3/c1-3-4-5-6-7-12-24-42(37(45)19-14-17-29-15-9-8-10-16-29)25-13-11-18-30-26-31-27-32(43)20-21-33(31)39-35(41)28-40(2)34(38(30)39)22-23-36(40)44/h8-10,15-16,20-21,27,30,34-36,38-39,43-44H,3-7,11-14,17-19,22-26,28H2,1-2H3/t30-,34?,35+,36+,38?,39?,40+/m1/s1. The number of unbranched alkanes of at least 4 members (excludes halogenated alkanes) is 6. The van der Waals surface area contributed by atoms with E-state index in [0.29, 0.717) is 24.7 Å². The van der Waals surface area contributed by atoms with Crippen LogP contribution < -0.4 is 0 Å². The van der Waals surface area contributed by atoms with E-state index in [-0.39, 0.29) is 28.9 Å². The molecule has 3 aliphatic rings. The summed E-state index contributed by atoms with van der Waals surface area (Å²) in [5, 5.41) is 21.2. The Morgan fingerprint density at radius 2 is 1.69 bits per heavy atom. The molecule has 5 heteroatoms. The molecule has 248 valence electrons. The zero-order valence-corrected chi connectivity index (χ0v) is 27.9. The van der Waals surface area contributed by atoms with E-state index in [1.54, 1.807) is 6.07 Å². The number of carbonyl (C=O) groups excluding carboxylic acids is 1. The molecule has 3 aliphatic carbocycles. The van der Waals surface area contributed by atoms with Gasteiger partial charge in [-0.25, -0.2) is 4.39 Å². The number of phenols is 1. The van der Waals surface area contributed by atoms with Gasteiger partial charge in [-0.2, -0.15) is 0 Å². The number of aromatic hydroxyl groups is 1. The highest BCUT2D eigenvalue weighted by atomic mass is 19.1. The smallest absolute Gasteiger partial charge is 0.222 e. The second kappa shape index (κ2) is 15.9. The molecule has 2 aromatic rings. The quantitative estimate of drug-likeness (QED) is 0.184. The average molecular weight is 620 g/mol. The van der Waals surface area contributed by atoms with E-state index >= 15 is 4.39 Å². The van der Waals surface area contributed by atoms with Crippen molar-refractivity contribution in [2.45, 2.75) is 135 Å². The second-order valence-electron chi connectivity index (χ2n) is 14.9. The number of aliphatic hydroxyl groups excluding tert-OH is 1. The topological polar surface area (TPSA) is 60.8 Å². The van der Waals surface area contributed by atoms with Crippen molar-refractivity contribution in [3.8, 4) is 5.75 Å². The number of hydrogen-bond donors (Lipinski definition) is 2. The highest BCUT2D eigenvalue weighted by Gasteiger charge is 2.59. The molecule has 2 fully saturated rings. The Morgan fingerprint density at radius 1 is 0.956 bits per heavy atom. The van der Waals surface area contributed by atoms with Crippen molar-refractivity contribution < 1.29 is 19.4 Å². The Morgan fingerprint density at radius 3 is 2.47 bits per heavy atom. The summed E-state index contributed by atoms with van der Waals surface area (Å²) in [7, 11) is 0. The van der Waals surface area contributed by atoms with Crippen LogP contribution in [-0.4, -0.2) is 46.4 Å². The molecule has 0 aromatic heterocycles. The number of carbonyl (C=O) groups is 1. The van der Waals surface area contributed by atoms with Gasteiger partial charge in [0.25, 0.3) is 0 Å². The first-order chi connectivity index (χ1) is 21.8. The number of nitrogens with zero attached hydrogens (tertiary/aromatic N) is 1. The maximum atomic E-state index is 16.1. The molecule has 0 aliphatic heterocycles. The highest BCUT2D eigenvalue weighted by Crippen LogP contribution is 2.63. The van der Waals surface area contributed by atoms with Crippen molar-refractivity contribution in [1.29, 1.82) is 0 Å². The van der Waals surface area contributed by atoms with E-state index in [4.69, 9.17) is 0 Å². The van der Waals surface area contributed by atoms with Crippen LogP contribution >= 0.6 is 0 Å². The van der Waals surface area contributed by atoms with Gasteiger partial charge in [0.05, 0.1) is 6.10 Å². The summed E-state index contributed by atoms with van der Waals surface area (Å²) < 4.78 is 16.1. The van der Waals surface area contributed by atoms with E-state index in [2.05, 4.69) is 43.0 Å². The van der Waals surface area contributed by atoms with Gasteiger partial charge in [0.2, 0.25) is 5.91 Å². The maximum absolute atomic E-state index is 16.1. The van der Waals surface area contributed by atoms with Crippen LogP contribution in [0.4, 0.5) is 4.39 Å². The lowest BCUT2D eigenvalue weighted by Gasteiger charge is -2.54. The minimum absolute atomic E-state index is 0.155. The molecular weight excluding hydrogens is 561 g/mol. The highest BCUT2D eigenvalue weighted by molar-refractivity contribution is 5.76. The molecule has 45 heavy (non-hydrogen) atoms. The molecule has 2 aromatic carbocycles. The molecule has 2 N–H and O–H groups in total. The van der Waals surface area contributed by atoms with Gasteiger partial charge in [-0.15, -0.1) is 0 Å². The van der Waals surface area contributed by atoms with Crippen LogP contribution in [0.5, 0.6) is 5.75 Å². The summed E-state index contributed by atoms with van der Waals surface area (Å²) >= 11 is 0. The number of amides is 1. The van der Waals surface area contributed by atoms with E-state index in [1.165, 1.54) is 37.7 Å². The first-order valence-electron chi connectivity index (χ1n) is 18.3. The van der Waals surface area contributed by atoms with Crippen molar-refractivity contribution in [3.05, 3.63) is 65.2 Å². The summed E-state index contributed by atoms with van der Waals surface area (Å²) in [4.78, 5) is 15.5. The van der Waals surface area contributed by atoms with Gasteiger partial charge < -0.3 is 15.1 Å². The van der Waals surface area contributed by atoms with Crippen molar-refractivity contribution in [3.63, 3.8) is 0 Å². The van der Waals surface area contributed by atoms with Gasteiger partial charge >= 0.3 is 0 Å². The number of benzene rings is 2. The number of halogens is 1. The van der Waals surface area contributed by atoms with E-state index < -0.39 is 12.3 Å². The summed E-state index contributed by atoms with van der Waals surface area (Å²) in [5.41, 5.74) is 3.12. The van der Waals surface area contributed by atoms with Gasteiger partial charge in [-0.1, -0.05) is 88.8 Å². The molecule has 0 heterocycles. The lowest BCUT2D eigenvalue weighted by Crippen LogP contribution is -2.51. The summed E-state index contributed by atoms with van der Waals surface area (Å²) in [6.07, 6.45) is 14.3. The maximum Gasteiger partial charge on any atom is 0.222 e. The first-order valence-corrected chi connectivity index (χ1v) is 18.3. The zero-order chi connectivity index (χ0) is 31.8. The molecule has 3 unspecified atom stereocenters. The Labute approximate surface area is 271 Å². The molecule has 2 saturated carbocycles. The Kier molecular flexibility index (Phi) is 12.0. The second-order valence-corrected chi connectivity index (χ2v) is 14.9. The fourth-order valence-corrected chi connectivity index (χ4v) is 9.43. The predicted octanol–water partition coefficient (Wildman–Crippen LogP) is 9.17. The van der Waals surface area contributed by atoms with Crippen LogP contribution in [0.15, 0.2) is 48.5 Å². The summed E-state index contributed by atoms with van der Waals surface area (Å²) in [6, 6.07) is 16.0. The number of alkyl halides is 1. The average Bonchev–Trinajstić information content (AvgIpc) is 3.32. The van der Waals surface area contributed by atoms with E-state index in [9.17, 15) is 15.0 Å². The van der Waals surface area contributed by atoms with Crippen LogP contribution in [-0.2, 0) is 17.6 Å². The third kappa shape index (κ3) is 8.13. The van der Waals surface area contributed by atoms with Crippen LogP contribution in [0.25, 0.3) is 0 Å². The molecule has 0 saturated heterocycles. The minimum atomic E-state index is -0.976. The monoisotopic (exact) mass is 619 g/mol. The Balaban J connectivity index is 1.21. The number of fused-ring (bicyclic) bond motifs is 5. The van der Waals surface area contributed by atoms with Gasteiger partial charge in [0.1, 0.15) is 11.9 Å². The summed E-state index contributed by atoms with van der Waals surface area (Å²) in [5.74, 6) is 1.25. The third-order valence-corrected chi connectivity index (χ3v) is 11.9. The van der Waals surface area contributed by atoms with Gasteiger partial charge in [0.15, 0.2) is 0 Å². The number of phenolic OH excluding ortho intramolecular Hbond substituents is 1. The molecule has 7 atom stereocenters. The van der Waals surface area contributed by atoms with Gasteiger partial charge in [0, 0.05) is 25.4 Å². The Bertz CT molecular complexity index is 1220. The van der Waals surface area contributed by atoms with Crippen LogP contribution in [0.3, 0.4) is 0 Å². The SMILES string of the molecule is CCCCCCCCN(CCCC[C@@H]1Cc2cc(O)ccc2C2C1C1CC[C@H](O)[C@@]1(C)C[C@@H]2F)C(=O)CCCc1ccccc1. The van der Waals surface area contributed by atoms with E-state index in [0.717, 1.165) is 82.0 Å². The fourth-order valence-electron chi connectivity index (χ4n) is 9.43. The molecule has 1 amide bonds. The van der Waals surface area contributed by atoms with Crippen LogP contribution in [0, 0.1) is 23.2 Å². The Hall–Kier alpha value is -2.40. The predicted molar refractivity (Wildman–Crippen MR) is 181 cm³/mol. The number of hydrogen-bond acceptors (Lipinski definition) is 3. The minimum Gasteiger partial charge on any atom is -0.508 e. The van der Waals surface area contributed by atoms with Gasteiger partial charge in [-0.3, -0.25) is 4.79 Å². The number of aliphatic hydroxyl groups is 1. The largest absolute Gasteiger partial charge is 0.508 e. The lowest BCUT2D eigenvalue weighted by molar-refractivity contribution is -0.131. The molecule has 4 nitrogen and oxygen atoms in total. The molecule has 0 spiro atoms. The molecule has 0 bridgehead atoms. The van der Waals surface area contributed by atoms with Crippen LogP contribution in [0.2, 0.25) is 0 Å². The van der Waals surface area contributed by atoms with Gasteiger partial charge in [-0.05, 0) is 110 Å².